The van der Waals surface area contributed by atoms with E-state index in [4.69, 9.17) is 11.6 Å². The minimum atomic E-state index is -0.755. The van der Waals surface area contributed by atoms with Gasteiger partial charge in [-0.1, -0.05) is 11.6 Å². The van der Waals surface area contributed by atoms with Gasteiger partial charge in [0.15, 0.2) is 10.8 Å². The number of nitrogens with zero attached hydrogens (tertiary/aromatic N) is 4. The highest BCUT2D eigenvalue weighted by Gasteiger charge is 2.20. The average Bonchev–Trinajstić information content (AvgIpc) is 2.79. The summed E-state index contributed by atoms with van der Waals surface area (Å²) in [6, 6.07) is 5.01. The topological polar surface area (TPSA) is 121 Å². The summed E-state index contributed by atoms with van der Waals surface area (Å²) in [5, 5.41) is 24.5. The van der Waals surface area contributed by atoms with E-state index in [1.807, 2.05) is 0 Å². The van der Waals surface area contributed by atoms with Crippen LogP contribution in [0.15, 0.2) is 30.5 Å². The van der Waals surface area contributed by atoms with E-state index in [0.717, 1.165) is 4.68 Å². The summed E-state index contributed by atoms with van der Waals surface area (Å²) in [6.45, 7) is -0.259. The monoisotopic (exact) mass is 310 g/mol. The Morgan fingerprint density at radius 3 is 2.29 bits per heavy atom. The van der Waals surface area contributed by atoms with Crippen LogP contribution in [0.3, 0.4) is 0 Å². The number of aromatic nitrogens is 2. The van der Waals surface area contributed by atoms with E-state index in [9.17, 15) is 25.0 Å². The molecule has 2 aromatic rings. The van der Waals surface area contributed by atoms with E-state index < -0.39 is 21.4 Å². The van der Waals surface area contributed by atoms with Gasteiger partial charge in [-0.15, -0.1) is 0 Å². The number of non-ortho nitro benzene ring substituents is 1. The quantitative estimate of drug-likeness (QED) is 0.474. The van der Waals surface area contributed by atoms with Crippen molar-refractivity contribution in [1.82, 2.24) is 9.78 Å². The Morgan fingerprint density at radius 2 is 1.81 bits per heavy atom. The summed E-state index contributed by atoms with van der Waals surface area (Å²) >= 11 is 5.61. The Morgan fingerprint density at radius 1 is 1.19 bits per heavy atom. The second-order valence-electron chi connectivity index (χ2n) is 3.98. The molecule has 0 saturated heterocycles. The van der Waals surface area contributed by atoms with Crippen LogP contribution in [-0.4, -0.2) is 25.4 Å². The van der Waals surface area contributed by atoms with Crippen LogP contribution in [0.25, 0.3) is 0 Å². The number of ketones is 1. The van der Waals surface area contributed by atoms with Crippen LogP contribution in [0, 0.1) is 20.2 Å². The number of benzene rings is 1. The van der Waals surface area contributed by atoms with Crippen LogP contribution in [0.1, 0.15) is 10.4 Å². The van der Waals surface area contributed by atoms with Crippen molar-refractivity contribution in [1.29, 1.82) is 0 Å². The molecule has 0 aliphatic heterocycles. The molecule has 1 aromatic carbocycles. The standard InChI is InChI=1S/C11H7ClN4O5/c12-9-5-14(13-11(9)16(20)21)6-10(17)7-1-3-8(4-2-7)15(18)19/h1-5H,6H2. The molecule has 0 saturated carbocycles. The summed E-state index contributed by atoms with van der Waals surface area (Å²) in [5.41, 5.74) is 0.0965. The van der Waals surface area contributed by atoms with Gasteiger partial charge < -0.3 is 10.1 Å². The maximum atomic E-state index is 11.9. The van der Waals surface area contributed by atoms with Gasteiger partial charge in [0.25, 0.3) is 5.69 Å². The number of nitro benzene ring substituents is 1. The predicted octanol–water partition coefficient (Wildman–Crippen LogP) is 2.24. The Bertz CT molecular complexity index is 725. The van der Waals surface area contributed by atoms with Crippen molar-refractivity contribution in [2.75, 3.05) is 0 Å². The maximum Gasteiger partial charge on any atom is 0.408 e. The van der Waals surface area contributed by atoms with Crippen LogP contribution in [0.2, 0.25) is 5.02 Å². The van der Waals surface area contributed by atoms with Gasteiger partial charge in [0.2, 0.25) is 0 Å². The lowest BCUT2D eigenvalue weighted by molar-refractivity contribution is -0.389. The Balaban J connectivity index is 2.16. The number of carbonyl (C=O) groups is 1. The molecule has 0 bridgehead atoms. The SMILES string of the molecule is O=C(Cn1cc(Cl)c([N+](=O)[O-])n1)c1ccc([N+](=O)[O-])cc1. The third kappa shape index (κ3) is 3.20. The van der Waals surface area contributed by atoms with E-state index in [1.54, 1.807) is 0 Å². The number of rotatable bonds is 5. The molecule has 0 N–H and O–H groups in total. The zero-order valence-corrected chi connectivity index (χ0v) is 11.1. The van der Waals surface area contributed by atoms with Gasteiger partial charge >= 0.3 is 5.82 Å². The number of hydrogen-bond donors (Lipinski definition) is 0. The molecule has 1 heterocycles. The largest absolute Gasteiger partial charge is 0.408 e. The second kappa shape index (κ2) is 5.67. The Kier molecular flexibility index (Phi) is 3.94. The van der Waals surface area contributed by atoms with Crippen molar-refractivity contribution in [3.05, 3.63) is 61.3 Å². The first-order valence-electron chi connectivity index (χ1n) is 5.53. The zero-order valence-electron chi connectivity index (χ0n) is 10.3. The highest BCUT2D eigenvalue weighted by atomic mass is 35.5. The molecule has 0 aliphatic rings. The highest BCUT2D eigenvalue weighted by Crippen LogP contribution is 2.21. The van der Waals surface area contributed by atoms with Crippen LogP contribution < -0.4 is 0 Å². The molecule has 21 heavy (non-hydrogen) atoms. The molecule has 108 valence electrons. The fourth-order valence-electron chi connectivity index (χ4n) is 1.60. The third-order valence-corrected chi connectivity index (χ3v) is 2.84. The van der Waals surface area contributed by atoms with Gasteiger partial charge in [-0.05, 0) is 17.1 Å². The minimum Gasteiger partial charge on any atom is -0.358 e. The molecule has 0 spiro atoms. The summed E-state index contributed by atoms with van der Waals surface area (Å²) in [5.74, 6) is -0.938. The van der Waals surface area contributed by atoms with Crippen molar-refractivity contribution in [3.8, 4) is 0 Å². The minimum absolute atomic E-state index is 0.135. The van der Waals surface area contributed by atoms with Crippen LogP contribution in [-0.2, 0) is 6.54 Å². The van der Waals surface area contributed by atoms with Crippen molar-refractivity contribution in [2.24, 2.45) is 0 Å². The second-order valence-corrected chi connectivity index (χ2v) is 4.39. The Hall–Kier alpha value is -2.81. The normalized spacial score (nSPS) is 10.3. The zero-order chi connectivity index (χ0) is 15.6. The summed E-state index contributed by atoms with van der Waals surface area (Å²) in [4.78, 5) is 31.7. The van der Waals surface area contributed by atoms with E-state index in [1.165, 1.54) is 30.5 Å². The summed E-state index contributed by atoms with van der Waals surface area (Å²) < 4.78 is 1.05. The first-order valence-corrected chi connectivity index (χ1v) is 5.91. The molecule has 0 amide bonds. The number of halogens is 1. The Labute approximate surface area is 122 Å². The van der Waals surface area contributed by atoms with Gasteiger partial charge in [0.1, 0.15) is 6.54 Å². The molecule has 10 heteroatoms. The van der Waals surface area contributed by atoms with Gasteiger partial charge in [0, 0.05) is 17.7 Å². The van der Waals surface area contributed by atoms with Gasteiger partial charge in [0.05, 0.1) is 16.2 Å². The number of nitro groups is 2. The predicted molar refractivity (Wildman–Crippen MR) is 71.3 cm³/mol. The first-order chi connectivity index (χ1) is 9.88. The molecule has 0 aliphatic carbocycles. The van der Waals surface area contributed by atoms with E-state index in [2.05, 4.69) is 5.10 Å². The fourth-order valence-corrected chi connectivity index (χ4v) is 1.82. The molecule has 0 atom stereocenters. The summed E-state index contributed by atoms with van der Waals surface area (Å²) in [6.07, 6.45) is 1.17. The van der Waals surface area contributed by atoms with Crippen molar-refractivity contribution >= 4 is 28.9 Å². The van der Waals surface area contributed by atoms with E-state index in [0.29, 0.717) is 0 Å². The fraction of sp³-hybridized carbons (Fsp3) is 0.0909. The highest BCUT2D eigenvalue weighted by molar-refractivity contribution is 6.32. The first kappa shape index (κ1) is 14.6. The van der Waals surface area contributed by atoms with Crippen molar-refractivity contribution in [3.63, 3.8) is 0 Å². The van der Waals surface area contributed by atoms with E-state index >= 15 is 0 Å². The average molecular weight is 311 g/mol. The lowest BCUT2D eigenvalue weighted by Crippen LogP contribution is -2.11. The maximum absolute atomic E-state index is 11.9. The van der Waals surface area contributed by atoms with Gasteiger partial charge in [-0.25, -0.2) is 0 Å². The van der Waals surface area contributed by atoms with Gasteiger partial charge in [-0.2, -0.15) is 4.68 Å². The van der Waals surface area contributed by atoms with E-state index in [-0.39, 0.29) is 22.8 Å². The van der Waals surface area contributed by atoms with Crippen LogP contribution in [0.4, 0.5) is 11.5 Å². The van der Waals surface area contributed by atoms with Crippen LogP contribution in [0.5, 0.6) is 0 Å². The lowest BCUT2D eigenvalue weighted by Gasteiger charge is -1.98. The van der Waals surface area contributed by atoms with Gasteiger partial charge in [-0.3, -0.25) is 14.9 Å². The smallest absolute Gasteiger partial charge is 0.358 e. The molecule has 9 nitrogen and oxygen atoms in total. The number of Topliss-reactive ketones (excluding diaryl/α,β-unsaturated/α-hetero) is 1. The van der Waals surface area contributed by atoms with Crippen LogP contribution >= 0.6 is 11.6 Å². The molecule has 0 radical (unpaired) electrons. The molecule has 2 rings (SSSR count). The number of carbonyl (C=O) groups excluding carboxylic acids is 1. The number of hydrogen-bond acceptors (Lipinski definition) is 6. The lowest BCUT2D eigenvalue weighted by atomic mass is 10.1. The summed E-state index contributed by atoms with van der Waals surface area (Å²) in [7, 11) is 0. The molecule has 1 aromatic heterocycles. The van der Waals surface area contributed by atoms with Crippen molar-refractivity contribution in [2.45, 2.75) is 6.54 Å². The third-order valence-electron chi connectivity index (χ3n) is 2.58. The molecule has 0 fully saturated rings. The molecule has 0 unspecified atom stereocenters. The molecular formula is C11H7ClN4O5. The molecular weight excluding hydrogens is 304 g/mol. The van der Waals surface area contributed by atoms with Crippen molar-refractivity contribution < 1.29 is 14.6 Å².